The standard InChI is InChI=1S/C22H24FN3O7/c1-13(14-4-7-19(18(8-14)26(29)30)33-12-22(28)31-3)25-16(10-21(27)24-2)11-32-20-9-15(23)5-6-17(20)25/h4-9,13,16H,10-12H2,1-3H3,(H,24,27). The molecule has 0 bridgehead atoms. The summed E-state index contributed by atoms with van der Waals surface area (Å²) in [6.07, 6.45) is 0.111. The fourth-order valence-corrected chi connectivity index (χ4v) is 3.69. The van der Waals surface area contributed by atoms with E-state index < -0.39 is 35.4 Å². The Morgan fingerprint density at radius 2 is 2.09 bits per heavy atom. The fraction of sp³-hybridized carbons (Fsp3) is 0.364. The molecule has 0 fully saturated rings. The first-order chi connectivity index (χ1) is 15.7. The molecule has 1 amide bonds. The van der Waals surface area contributed by atoms with Crippen LogP contribution in [0.3, 0.4) is 0 Å². The van der Waals surface area contributed by atoms with E-state index in [-0.39, 0.29) is 30.4 Å². The number of methoxy groups -OCH3 is 1. The smallest absolute Gasteiger partial charge is 0.343 e. The van der Waals surface area contributed by atoms with Crippen molar-refractivity contribution in [3.63, 3.8) is 0 Å². The summed E-state index contributed by atoms with van der Waals surface area (Å²) < 4.78 is 29.2. The van der Waals surface area contributed by atoms with E-state index in [4.69, 9.17) is 9.47 Å². The number of anilines is 1. The lowest BCUT2D eigenvalue weighted by Gasteiger charge is -2.42. The van der Waals surface area contributed by atoms with Crippen molar-refractivity contribution in [2.75, 3.05) is 32.3 Å². The molecule has 3 rings (SSSR count). The molecule has 176 valence electrons. The number of benzene rings is 2. The van der Waals surface area contributed by atoms with Crippen LogP contribution < -0.4 is 19.7 Å². The predicted molar refractivity (Wildman–Crippen MR) is 116 cm³/mol. The van der Waals surface area contributed by atoms with Crippen molar-refractivity contribution in [2.24, 2.45) is 0 Å². The van der Waals surface area contributed by atoms with E-state index in [9.17, 15) is 24.1 Å². The lowest BCUT2D eigenvalue weighted by Crippen LogP contribution is -2.46. The fourth-order valence-electron chi connectivity index (χ4n) is 3.69. The summed E-state index contributed by atoms with van der Waals surface area (Å²) in [4.78, 5) is 36.4. The third kappa shape index (κ3) is 5.30. The van der Waals surface area contributed by atoms with Crippen LogP contribution in [-0.4, -0.2) is 50.2 Å². The molecule has 2 unspecified atom stereocenters. The molecule has 11 heteroatoms. The molecule has 1 aliphatic heterocycles. The van der Waals surface area contributed by atoms with Crippen LogP contribution in [0.4, 0.5) is 15.8 Å². The van der Waals surface area contributed by atoms with Gasteiger partial charge in [0.25, 0.3) is 0 Å². The molecule has 0 saturated carbocycles. The monoisotopic (exact) mass is 461 g/mol. The average molecular weight is 461 g/mol. The molecule has 2 atom stereocenters. The molecule has 0 saturated heterocycles. The summed E-state index contributed by atoms with van der Waals surface area (Å²) in [5.41, 5.74) is 0.808. The van der Waals surface area contributed by atoms with Gasteiger partial charge in [-0.3, -0.25) is 14.9 Å². The number of nitrogens with zero attached hydrogens (tertiary/aromatic N) is 2. The lowest BCUT2D eigenvalue weighted by atomic mass is 9.99. The first kappa shape index (κ1) is 23.8. The number of carbonyl (C=O) groups excluding carboxylic acids is 2. The van der Waals surface area contributed by atoms with Gasteiger partial charge < -0.3 is 24.4 Å². The van der Waals surface area contributed by atoms with Gasteiger partial charge >= 0.3 is 11.7 Å². The van der Waals surface area contributed by atoms with Gasteiger partial charge in [-0.25, -0.2) is 9.18 Å². The van der Waals surface area contributed by atoms with E-state index in [0.29, 0.717) is 17.0 Å². The second-order valence-electron chi connectivity index (χ2n) is 7.39. The molecule has 10 nitrogen and oxygen atoms in total. The summed E-state index contributed by atoms with van der Waals surface area (Å²) in [5, 5.41) is 14.2. The highest BCUT2D eigenvalue weighted by atomic mass is 19.1. The number of nitrogens with one attached hydrogen (secondary N) is 1. The van der Waals surface area contributed by atoms with Gasteiger partial charge in [0.2, 0.25) is 5.91 Å². The molecule has 33 heavy (non-hydrogen) atoms. The van der Waals surface area contributed by atoms with Gasteiger partial charge in [0.1, 0.15) is 18.2 Å². The molecular formula is C22H24FN3O7. The Morgan fingerprint density at radius 1 is 1.33 bits per heavy atom. The molecule has 0 aliphatic carbocycles. The Morgan fingerprint density at radius 3 is 2.76 bits per heavy atom. The molecule has 2 aromatic rings. The molecule has 0 aromatic heterocycles. The quantitative estimate of drug-likeness (QED) is 0.362. The van der Waals surface area contributed by atoms with E-state index in [1.54, 1.807) is 12.1 Å². The van der Waals surface area contributed by atoms with Crippen LogP contribution in [0.5, 0.6) is 11.5 Å². The summed E-state index contributed by atoms with van der Waals surface area (Å²) >= 11 is 0. The highest BCUT2D eigenvalue weighted by molar-refractivity contribution is 5.77. The van der Waals surface area contributed by atoms with Crippen LogP contribution in [0, 0.1) is 15.9 Å². The Balaban J connectivity index is 1.98. The number of rotatable bonds is 8. The van der Waals surface area contributed by atoms with E-state index in [1.807, 2.05) is 11.8 Å². The van der Waals surface area contributed by atoms with Gasteiger partial charge in [0.15, 0.2) is 12.4 Å². The van der Waals surface area contributed by atoms with Crippen LogP contribution >= 0.6 is 0 Å². The predicted octanol–water partition coefficient (Wildman–Crippen LogP) is 2.75. The Labute approximate surface area is 189 Å². The number of hydrogen-bond donors (Lipinski definition) is 1. The van der Waals surface area contributed by atoms with E-state index in [0.717, 1.165) is 0 Å². The molecule has 1 N–H and O–H groups in total. The number of amides is 1. The van der Waals surface area contributed by atoms with Crippen molar-refractivity contribution in [1.82, 2.24) is 5.32 Å². The Kier molecular flexibility index (Phi) is 7.31. The number of fused-ring (bicyclic) bond motifs is 1. The Bertz CT molecular complexity index is 1060. The summed E-state index contributed by atoms with van der Waals surface area (Å²) in [5.74, 6) is -1.09. The van der Waals surface area contributed by atoms with Crippen molar-refractivity contribution in [1.29, 1.82) is 0 Å². The third-order valence-corrected chi connectivity index (χ3v) is 5.38. The summed E-state index contributed by atoms with van der Waals surface area (Å²) in [6, 6.07) is 7.67. The van der Waals surface area contributed by atoms with Crippen molar-refractivity contribution < 1.29 is 33.1 Å². The second-order valence-corrected chi connectivity index (χ2v) is 7.39. The van der Waals surface area contributed by atoms with Gasteiger partial charge in [-0.15, -0.1) is 0 Å². The minimum atomic E-state index is -0.670. The van der Waals surface area contributed by atoms with Crippen LogP contribution in [0.15, 0.2) is 36.4 Å². The number of esters is 1. The van der Waals surface area contributed by atoms with Crippen molar-refractivity contribution in [2.45, 2.75) is 25.4 Å². The van der Waals surface area contributed by atoms with E-state index in [2.05, 4.69) is 10.1 Å². The zero-order valence-corrected chi connectivity index (χ0v) is 18.4. The van der Waals surface area contributed by atoms with Gasteiger partial charge in [0.05, 0.1) is 36.2 Å². The zero-order chi connectivity index (χ0) is 24.1. The van der Waals surface area contributed by atoms with Gasteiger partial charge in [-0.2, -0.15) is 0 Å². The Hall–Kier alpha value is -3.89. The number of nitro groups is 1. The van der Waals surface area contributed by atoms with Crippen LogP contribution in [-0.2, 0) is 14.3 Å². The van der Waals surface area contributed by atoms with Crippen molar-refractivity contribution in [3.05, 3.63) is 57.9 Å². The largest absolute Gasteiger partial charge is 0.489 e. The maximum Gasteiger partial charge on any atom is 0.343 e. The second kappa shape index (κ2) is 10.2. The maximum atomic E-state index is 13.8. The lowest BCUT2D eigenvalue weighted by molar-refractivity contribution is -0.385. The van der Waals surface area contributed by atoms with Gasteiger partial charge in [-0.05, 0) is 30.7 Å². The maximum absolute atomic E-state index is 13.8. The van der Waals surface area contributed by atoms with Gasteiger partial charge in [0, 0.05) is 19.2 Å². The highest BCUT2D eigenvalue weighted by Crippen LogP contribution is 2.41. The zero-order valence-electron chi connectivity index (χ0n) is 18.4. The highest BCUT2D eigenvalue weighted by Gasteiger charge is 2.34. The minimum Gasteiger partial charge on any atom is -0.489 e. The third-order valence-electron chi connectivity index (χ3n) is 5.38. The number of halogens is 1. The van der Waals surface area contributed by atoms with E-state index in [1.165, 1.54) is 38.4 Å². The topological polar surface area (TPSA) is 120 Å². The molecule has 1 heterocycles. The number of ether oxygens (including phenoxy) is 3. The average Bonchev–Trinajstić information content (AvgIpc) is 2.81. The van der Waals surface area contributed by atoms with Gasteiger partial charge in [-0.1, -0.05) is 6.07 Å². The van der Waals surface area contributed by atoms with Crippen LogP contribution in [0.1, 0.15) is 24.9 Å². The SMILES string of the molecule is CNC(=O)CC1COc2cc(F)ccc2N1C(C)c1ccc(OCC(=O)OC)c([N+](=O)[O-])c1. The van der Waals surface area contributed by atoms with E-state index >= 15 is 0 Å². The van der Waals surface area contributed by atoms with Crippen molar-refractivity contribution >= 4 is 23.3 Å². The number of hydrogen-bond acceptors (Lipinski definition) is 8. The number of carbonyl (C=O) groups is 2. The molecule has 0 spiro atoms. The molecule has 1 aliphatic rings. The van der Waals surface area contributed by atoms with Crippen LogP contribution in [0.2, 0.25) is 0 Å². The molecule has 2 aromatic carbocycles. The minimum absolute atomic E-state index is 0.0762. The first-order valence-electron chi connectivity index (χ1n) is 10.1. The normalized spacial score (nSPS) is 15.6. The van der Waals surface area contributed by atoms with Crippen molar-refractivity contribution in [3.8, 4) is 11.5 Å². The summed E-state index contributed by atoms with van der Waals surface area (Å²) in [7, 11) is 2.71. The molecule has 0 radical (unpaired) electrons. The molecular weight excluding hydrogens is 437 g/mol. The summed E-state index contributed by atoms with van der Waals surface area (Å²) in [6.45, 7) is 1.49. The van der Waals surface area contributed by atoms with Crippen LogP contribution in [0.25, 0.3) is 0 Å². The number of nitro benzene ring substituents is 1. The first-order valence-corrected chi connectivity index (χ1v) is 10.1.